The van der Waals surface area contributed by atoms with Gasteiger partial charge in [0.05, 0.1) is 19.9 Å². The fourth-order valence-electron chi connectivity index (χ4n) is 4.19. The van der Waals surface area contributed by atoms with Crippen LogP contribution in [0.15, 0.2) is 29.1 Å². The Balaban J connectivity index is 1.47. The van der Waals surface area contributed by atoms with E-state index in [9.17, 15) is 4.79 Å². The van der Waals surface area contributed by atoms with Gasteiger partial charge >= 0.3 is 0 Å². The molecule has 2 aliphatic rings. The molecule has 2 fully saturated rings. The summed E-state index contributed by atoms with van der Waals surface area (Å²) in [5, 5.41) is 0. The minimum Gasteiger partial charge on any atom is -0.497 e. The van der Waals surface area contributed by atoms with Gasteiger partial charge in [-0.05, 0) is 31.9 Å². The Labute approximate surface area is 165 Å². The van der Waals surface area contributed by atoms with Crippen molar-refractivity contribution >= 4 is 5.95 Å². The maximum atomic E-state index is 12.2. The van der Waals surface area contributed by atoms with Crippen LogP contribution in [0.1, 0.15) is 36.4 Å². The molecule has 4 rings (SSSR count). The summed E-state index contributed by atoms with van der Waals surface area (Å²) < 4.78 is 10.8. The molecule has 0 radical (unpaired) electrons. The van der Waals surface area contributed by atoms with E-state index in [4.69, 9.17) is 14.5 Å². The van der Waals surface area contributed by atoms with Crippen molar-refractivity contribution in [1.29, 1.82) is 0 Å². The number of nitrogens with zero attached hydrogens (tertiary/aromatic N) is 3. The van der Waals surface area contributed by atoms with E-state index in [0.717, 1.165) is 80.7 Å². The van der Waals surface area contributed by atoms with Crippen LogP contribution in [0, 0.1) is 0 Å². The summed E-state index contributed by atoms with van der Waals surface area (Å²) in [5.41, 5.74) is 2.00. The van der Waals surface area contributed by atoms with Gasteiger partial charge in [0.25, 0.3) is 5.56 Å². The van der Waals surface area contributed by atoms with Crippen LogP contribution in [0.5, 0.6) is 11.5 Å². The Morgan fingerprint density at radius 1 is 1.14 bits per heavy atom. The van der Waals surface area contributed by atoms with Crippen LogP contribution in [-0.4, -0.2) is 55.3 Å². The number of aromatic amines is 1. The Bertz CT molecular complexity index is 876. The van der Waals surface area contributed by atoms with E-state index in [-0.39, 0.29) is 11.5 Å². The van der Waals surface area contributed by atoms with Crippen LogP contribution < -0.4 is 19.9 Å². The quantitative estimate of drug-likeness (QED) is 0.825. The fourth-order valence-corrected chi connectivity index (χ4v) is 4.19. The van der Waals surface area contributed by atoms with Crippen LogP contribution >= 0.6 is 0 Å². The first-order valence-corrected chi connectivity index (χ1v) is 9.95. The summed E-state index contributed by atoms with van der Waals surface area (Å²) in [6, 6.07) is 7.61. The molecule has 0 amide bonds. The Hall–Kier alpha value is -2.54. The molecule has 0 saturated carbocycles. The van der Waals surface area contributed by atoms with E-state index in [1.807, 2.05) is 12.1 Å². The highest BCUT2D eigenvalue weighted by Crippen LogP contribution is 2.31. The van der Waals surface area contributed by atoms with Gasteiger partial charge in [0.1, 0.15) is 11.5 Å². The Kier molecular flexibility index (Phi) is 5.52. The number of ether oxygens (including phenoxy) is 2. The number of H-pyrrole nitrogens is 1. The normalized spacial score (nSPS) is 19.9. The predicted octanol–water partition coefficient (Wildman–Crippen LogP) is 2.38. The van der Waals surface area contributed by atoms with E-state index in [2.05, 4.69) is 20.9 Å². The van der Waals surface area contributed by atoms with Gasteiger partial charge in [0.2, 0.25) is 5.95 Å². The van der Waals surface area contributed by atoms with Crippen LogP contribution in [0.3, 0.4) is 0 Å². The van der Waals surface area contributed by atoms with Crippen molar-refractivity contribution in [3.8, 4) is 11.5 Å². The molecule has 7 heteroatoms. The molecule has 1 aromatic heterocycles. The summed E-state index contributed by atoms with van der Waals surface area (Å²) in [6.07, 6.45) is 3.33. The molecule has 0 aliphatic carbocycles. The average molecular weight is 384 g/mol. The molecule has 0 bridgehead atoms. The number of rotatable bonds is 6. The van der Waals surface area contributed by atoms with Gasteiger partial charge in [0, 0.05) is 49.8 Å². The van der Waals surface area contributed by atoms with E-state index >= 15 is 0 Å². The van der Waals surface area contributed by atoms with Crippen molar-refractivity contribution in [2.45, 2.75) is 31.7 Å². The minimum atomic E-state index is -0.0535. The molecule has 2 aromatic rings. The Morgan fingerprint density at radius 2 is 1.96 bits per heavy atom. The second kappa shape index (κ2) is 8.22. The standard InChI is InChI=1S/C21H28N4O3/c1-27-17-6-5-16(19(11-17)28-2)14-24-10-7-15(13-24)18-12-20(26)23-21(22-18)25-8-3-4-9-25/h5-6,11-12,15H,3-4,7-10,13-14H2,1-2H3,(H,22,23,26)/t15-/m1/s1. The minimum absolute atomic E-state index is 0.0535. The number of nitrogens with one attached hydrogen (secondary N) is 1. The van der Waals surface area contributed by atoms with Crippen molar-refractivity contribution in [1.82, 2.24) is 14.9 Å². The first kappa shape index (κ1) is 18.8. The molecule has 28 heavy (non-hydrogen) atoms. The zero-order chi connectivity index (χ0) is 19.5. The third kappa shape index (κ3) is 3.99. The number of likely N-dealkylation sites (tertiary alicyclic amines) is 1. The van der Waals surface area contributed by atoms with Gasteiger partial charge in [-0.3, -0.25) is 14.7 Å². The van der Waals surface area contributed by atoms with Gasteiger partial charge in [-0.25, -0.2) is 4.98 Å². The fraction of sp³-hybridized carbons (Fsp3) is 0.524. The average Bonchev–Trinajstić information content (AvgIpc) is 3.40. The molecule has 0 unspecified atom stereocenters. The first-order chi connectivity index (χ1) is 13.7. The maximum Gasteiger partial charge on any atom is 0.252 e. The molecular formula is C21H28N4O3. The third-order valence-corrected chi connectivity index (χ3v) is 5.73. The molecule has 2 aliphatic heterocycles. The highest BCUT2D eigenvalue weighted by Gasteiger charge is 2.27. The molecule has 2 saturated heterocycles. The first-order valence-electron chi connectivity index (χ1n) is 9.95. The van der Waals surface area contributed by atoms with Crippen LogP contribution in [0.4, 0.5) is 5.95 Å². The molecule has 1 atom stereocenters. The highest BCUT2D eigenvalue weighted by atomic mass is 16.5. The molecule has 3 heterocycles. The lowest BCUT2D eigenvalue weighted by Gasteiger charge is -2.19. The van der Waals surface area contributed by atoms with Crippen LogP contribution in [0.25, 0.3) is 0 Å². The largest absolute Gasteiger partial charge is 0.497 e. The molecule has 150 valence electrons. The Morgan fingerprint density at radius 3 is 2.71 bits per heavy atom. The summed E-state index contributed by atoms with van der Waals surface area (Å²) >= 11 is 0. The summed E-state index contributed by atoms with van der Waals surface area (Å²) in [7, 11) is 3.34. The van der Waals surface area contributed by atoms with Crippen molar-refractivity contribution in [2.24, 2.45) is 0 Å². The van der Waals surface area contributed by atoms with E-state index in [1.54, 1.807) is 20.3 Å². The summed E-state index contributed by atoms with van der Waals surface area (Å²) in [4.78, 5) is 24.5. The van der Waals surface area contributed by atoms with Crippen molar-refractivity contribution in [3.63, 3.8) is 0 Å². The zero-order valence-corrected chi connectivity index (χ0v) is 16.6. The van der Waals surface area contributed by atoms with Crippen molar-refractivity contribution in [2.75, 3.05) is 45.3 Å². The SMILES string of the molecule is COc1ccc(CN2CC[C@@H](c3cc(=O)[nH]c(N4CCCC4)n3)C2)c(OC)c1. The predicted molar refractivity (Wildman–Crippen MR) is 108 cm³/mol. The number of anilines is 1. The zero-order valence-electron chi connectivity index (χ0n) is 16.6. The second-order valence-corrected chi connectivity index (χ2v) is 7.59. The number of aromatic nitrogens is 2. The number of methoxy groups -OCH3 is 2. The third-order valence-electron chi connectivity index (χ3n) is 5.73. The van der Waals surface area contributed by atoms with Crippen LogP contribution in [0.2, 0.25) is 0 Å². The van der Waals surface area contributed by atoms with Gasteiger partial charge in [-0.15, -0.1) is 0 Å². The lowest BCUT2D eigenvalue weighted by atomic mass is 10.0. The summed E-state index contributed by atoms with van der Waals surface area (Å²) in [6.45, 7) is 4.63. The maximum absolute atomic E-state index is 12.2. The summed E-state index contributed by atoms with van der Waals surface area (Å²) in [5.74, 6) is 2.65. The van der Waals surface area contributed by atoms with E-state index < -0.39 is 0 Å². The van der Waals surface area contributed by atoms with Gasteiger partial charge in [0.15, 0.2) is 0 Å². The van der Waals surface area contributed by atoms with Crippen LogP contribution in [-0.2, 0) is 6.54 Å². The topological polar surface area (TPSA) is 70.7 Å². The lowest BCUT2D eigenvalue weighted by molar-refractivity contribution is 0.315. The smallest absolute Gasteiger partial charge is 0.252 e. The lowest BCUT2D eigenvalue weighted by Crippen LogP contribution is -2.25. The van der Waals surface area contributed by atoms with Crippen molar-refractivity contribution < 1.29 is 9.47 Å². The van der Waals surface area contributed by atoms with Gasteiger partial charge in [-0.2, -0.15) is 0 Å². The second-order valence-electron chi connectivity index (χ2n) is 7.59. The molecular weight excluding hydrogens is 356 g/mol. The monoisotopic (exact) mass is 384 g/mol. The molecule has 0 spiro atoms. The molecule has 7 nitrogen and oxygen atoms in total. The highest BCUT2D eigenvalue weighted by molar-refractivity contribution is 5.41. The molecule has 1 aromatic carbocycles. The van der Waals surface area contributed by atoms with Gasteiger partial charge < -0.3 is 14.4 Å². The van der Waals surface area contributed by atoms with Crippen molar-refractivity contribution in [3.05, 3.63) is 45.9 Å². The number of benzene rings is 1. The number of hydrogen-bond donors (Lipinski definition) is 1. The molecule has 1 N–H and O–H groups in total. The van der Waals surface area contributed by atoms with Gasteiger partial charge in [-0.1, -0.05) is 6.07 Å². The number of hydrogen-bond acceptors (Lipinski definition) is 6. The van der Waals surface area contributed by atoms with E-state index in [1.165, 1.54) is 0 Å². The van der Waals surface area contributed by atoms with E-state index in [0.29, 0.717) is 0 Å².